The van der Waals surface area contributed by atoms with E-state index in [-0.39, 0.29) is 5.54 Å². The van der Waals surface area contributed by atoms with Crippen LogP contribution in [0.1, 0.15) is 38.5 Å². The fourth-order valence-corrected chi connectivity index (χ4v) is 1.81. The molecule has 0 heterocycles. The van der Waals surface area contributed by atoms with Crippen LogP contribution in [0.4, 0.5) is 0 Å². The molecular formula is C9H15NO. The minimum atomic E-state index is -0.278. The van der Waals surface area contributed by atoms with E-state index in [9.17, 15) is 4.91 Å². The molecule has 0 spiro atoms. The SMILES string of the molecule is C=CCC1(N=O)CCCCC1. The second-order valence-electron chi connectivity index (χ2n) is 3.37. The van der Waals surface area contributed by atoms with Gasteiger partial charge in [-0.15, -0.1) is 6.58 Å². The Morgan fingerprint density at radius 3 is 2.45 bits per heavy atom. The summed E-state index contributed by atoms with van der Waals surface area (Å²) < 4.78 is 0. The van der Waals surface area contributed by atoms with Crippen molar-refractivity contribution in [2.24, 2.45) is 5.18 Å². The lowest BCUT2D eigenvalue weighted by molar-refractivity contribution is 0.299. The topological polar surface area (TPSA) is 29.4 Å². The molecular weight excluding hydrogens is 138 g/mol. The zero-order valence-electron chi connectivity index (χ0n) is 6.88. The molecule has 1 rings (SSSR count). The van der Waals surface area contributed by atoms with E-state index in [1.54, 1.807) is 0 Å². The lowest BCUT2D eigenvalue weighted by atomic mass is 9.80. The van der Waals surface area contributed by atoms with Crippen LogP contribution in [-0.2, 0) is 0 Å². The first kappa shape index (κ1) is 8.44. The molecule has 0 aliphatic heterocycles. The summed E-state index contributed by atoms with van der Waals surface area (Å²) in [5.74, 6) is 0. The fraction of sp³-hybridized carbons (Fsp3) is 0.778. The van der Waals surface area contributed by atoms with Gasteiger partial charge in [0.05, 0.1) is 0 Å². The molecule has 0 radical (unpaired) electrons. The van der Waals surface area contributed by atoms with Crippen molar-refractivity contribution in [1.29, 1.82) is 0 Å². The second-order valence-corrected chi connectivity index (χ2v) is 3.37. The first-order chi connectivity index (χ1) is 5.33. The zero-order chi connectivity index (χ0) is 8.16. The lowest BCUT2D eigenvalue weighted by Gasteiger charge is -2.28. The maximum Gasteiger partial charge on any atom is 0.106 e. The minimum absolute atomic E-state index is 0.278. The highest BCUT2D eigenvalue weighted by Crippen LogP contribution is 2.34. The van der Waals surface area contributed by atoms with Gasteiger partial charge in [0, 0.05) is 0 Å². The van der Waals surface area contributed by atoms with Crippen LogP contribution in [0, 0.1) is 4.91 Å². The van der Waals surface area contributed by atoms with E-state index in [1.807, 2.05) is 6.08 Å². The molecule has 1 fully saturated rings. The van der Waals surface area contributed by atoms with E-state index < -0.39 is 0 Å². The Morgan fingerprint density at radius 2 is 2.00 bits per heavy atom. The summed E-state index contributed by atoms with van der Waals surface area (Å²) in [6, 6.07) is 0. The molecule has 0 amide bonds. The van der Waals surface area contributed by atoms with Gasteiger partial charge in [-0.05, 0) is 19.3 Å². The number of rotatable bonds is 3. The molecule has 2 heteroatoms. The molecule has 0 saturated heterocycles. The number of hydrogen-bond acceptors (Lipinski definition) is 2. The standard InChI is InChI=1S/C9H15NO/c1-2-6-9(10-11)7-4-3-5-8-9/h2H,1,3-8H2. The lowest BCUT2D eigenvalue weighted by Crippen LogP contribution is -2.27. The third-order valence-corrected chi connectivity index (χ3v) is 2.50. The van der Waals surface area contributed by atoms with Gasteiger partial charge in [0.15, 0.2) is 0 Å². The smallest absolute Gasteiger partial charge is 0.106 e. The van der Waals surface area contributed by atoms with E-state index in [0.29, 0.717) is 0 Å². The van der Waals surface area contributed by atoms with Crippen LogP contribution in [0.15, 0.2) is 17.8 Å². The Balaban J connectivity index is 2.56. The Labute approximate surface area is 67.7 Å². The zero-order valence-corrected chi connectivity index (χ0v) is 6.88. The van der Waals surface area contributed by atoms with Crippen molar-refractivity contribution in [2.75, 3.05) is 0 Å². The minimum Gasteiger partial charge on any atom is -0.150 e. The van der Waals surface area contributed by atoms with Crippen LogP contribution in [0.3, 0.4) is 0 Å². The van der Waals surface area contributed by atoms with E-state index in [0.717, 1.165) is 32.1 Å². The molecule has 11 heavy (non-hydrogen) atoms. The van der Waals surface area contributed by atoms with Crippen molar-refractivity contribution >= 4 is 0 Å². The molecule has 0 aromatic carbocycles. The summed E-state index contributed by atoms with van der Waals surface area (Å²) in [5, 5.41) is 3.25. The average molecular weight is 153 g/mol. The molecule has 0 N–H and O–H groups in total. The summed E-state index contributed by atoms with van der Waals surface area (Å²) in [6.45, 7) is 3.65. The average Bonchev–Trinajstić information content (AvgIpc) is 2.07. The predicted molar refractivity (Wildman–Crippen MR) is 46.4 cm³/mol. The van der Waals surface area contributed by atoms with Gasteiger partial charge >= 0.3 is 0 Å². The molecule has 1 saturated carbocycles. The number of nitrogens with zero attached hydrogens (tertiary/aromatic N) is 1. The largest absolute Gasteiger partial charge is 0.150 e. The maximum atomic E-state index is 10.6. The van der Waals surface area contributed by atoms with Crippen molar-refractivity contribution in [3.63, 3.8) is 0 Å². The Bertz CT molecular complexity index is 148. The molecule has 0 unspecified atom stereocenters. The predicted octanol–water partition coefficient (Wildman–Crippen LogP) is 3.03. The molecule has 0 aromatic heterocycles. The van der Waals surface area contributed by atoms with E-state index in [4.69, 9.17) is 0 Å². The third-order valence-electron chi connectivity index (χ3n) is 2.50. The summed E-state index contributed by atoms with van der Waals surface area (Å²) >= 11 is 0. The first-order valence-corrected chi connectivity index (χ1v) is 4.28. The highest BCUT2D eigenvalue weighted by atomic mass is 16.3. The van der Waals surface area contributed by atoms with Crippen molar-refractivity contribution in [3.05, 3.63) is 17.6 Å². The monoisotopic (exact) mass is 153 g/mol. The molecule has 62 valence electrons. The first-order valence-electron chi connectivity index (χ1n) is 4.28. The van der Waals surface area contributed by atoms with E-state index >= 15 is 0 Å². The van der Waals surface area contributed by atoms with Crippen LogP contribution in [0.5, 0.6) is 0 Å². The molecule has 1 aliphatic carbocycles. The molecule has 0 atom stereocenters. The van der Waals surface area contributed by atoms with Gasteiger partial charge in [-0.25, -0.2) is 0 Å². The molecule has 0 bridgehead atoms. The fourth-order valence-electron chi connectivity index (χ4n) is 1.81. The van der Waals surface area contributed by atoms with Crippen molar-refractivity contribution < 1.29 is 0 Å². The number of nitroso groups, excluding NO2 is 1. The van der Waals surface area contributed by atoms with E-state index in [1.165, 1.54) is 6.42 Å². The molecule has 0 aromatic rings. The van der Waals surface area contributed by atoms with Crippen LogP contribution in [-0.4, -0.2) is 5.54 Å². The van der Waals surface area contributed by atoms with Gasteiger partial charge in [0.1, 0.15) is 5.54 Å². The Hall–Kier alpha value is -0.660. The second kappa shape index (κ2) is 3.65. The molecule has 1 aliphatic rings. The van der Waals surface area contributed by atoms with Gasteiger partial charge in [-0.3, -0.25) is 0 Å². The van der Waals surface area contributed by atoms with Gasteiger partial charge in [-0.2, -0.15) is 4.91 Å². The Kier molecular flexibility index (Phi) is 2.80. The maximum absolute atomic E-state index is 10.6. The van der Waals surface area contributed by atoms with Gasteiger partial charge in [-0.1, -0.05) is 30.5 Å². The number of hydrogen-bond donors (Lipinski definition) is 0. The van der Waals surface area contributed by atoms with Gasteiger partial charge in [0.25, 0.3) is 0 Å². The quantitative estimate of drug-likeness (QED) is 0.452. The highest BCUT2D eigenvalue weighted by molar-refractivity contribution is 4.95. The third kappa shape index (κ3) is 1.88. The summed E-state index contributed by atoms with van der Waals surface area (Å²) in [6.07, 6.45) is 8.06. The summed E-state index contributed by atoms with van der Waals surface area (Å²) in [5.41, 5.74) is -0.278. The van der Waals surface area contributed by atoms with E-state index in [2.05, 4.69) is 11.8 Å². The van der Waals surface area contributed by atoms with Gasteiger partial charge < -0.3 is 0 Å². The van der Waals surface area contributed by atoms with Crippen LogP contribution < -0.4 is 0 Å². The summed E-state index contributed by atoms with van der Waals surface area (Å²) in [7, 11) is 0. The van der Waals surface area contributed by atoms with Crippen molar-refractivity contribution in [3.8, 4) is 0 Å². The Morgan fingerprint density at radius 1 is 1.36 bits per heavy atom. The van der Waals surface area contributed by atoms with Gasteiger partial charge in [0.2, 0.25) is 0 Å². The summed E-state index contributed by atoms with van der Waals surface area (Å²) in [4.78, 5) is 10.6. The molecule has 2 nitrogen and oxygen atoms in total. The van der Waals surface area contributed by atoms with Crippen molar-refractivity contribution in [2.45, 2.75) is 44.1 Å². The normalized spacial score (nSPS) is 22.5. The van der Waals surface area contributed by atoms with Crippen LogP contribution >= 0.6 is 0 Å². The highest BCUT2D eigenvalue weighted by Gasteiger charge is 2.31. The van der Waals surface area contributed by atoms with Crippen LogP contribution in [0.25, 0.3) is 0 Å². The van der Waals surface area contributed by atoms with Crippen LogP contribution in [0.2, 0.25) is 0 Å². The van der Waals surface area contributed by atoms with Crippen molar-refractivity contribution in [1.82, 2.24) is 0 Å².